The van der Waals surface area contributed by atoms with Crippen LogP contribution < -0.4 is 0 Å². The molecule has 0 aliphatic carbocycles. The summed E-state index contributed by atoms with van der Waals surface area (Å²) >= 11 is 0. The van der Waals surface area contributed by atoms with E-state index in [1.165, 1.54) is 0 Å². The molecule has 25 heavy (non-hydrogen) atoms. The van der Waals surface area contributed by atoms with Crippen molar-refractivity contribution >= 4 is 5.90 Å². The van der Waals surface area contributed by atoms with Gasteiger partial charge in [0.2, 0.25) is 11.7 Å². The predicted molar refractivity (Wildman–Crippen MR) is 87.9 cm³/mol. The smallest absolute Gasteiger partial charge is 0.218 e. The van der Waals surface area contributed by atoms with Crippen LogP contribution in [0.4, 0.5) is 0 Å². The zero-order valence-corrected chi connectivity index (χ0v) is 14.1. The summed E-state index contributed by atoms with van der Waals surface area (Å²) in [6.07, 6.45) is 0.301. The van der Waals surface area contributed by atoms with Crippen molar-refractivity contribution in [3.05, 3.63) is 35.9 Å². The third-order valence-electron chi connectivity index (χ3n) is 5.31. The Morgan fingerprint density at radius 2 is 1.76 bits per heavy atom. The van der Waals surface area contributed by atoms with E-state index >= 15 is 0 Å². The zero-order chi connectivity index (χ0) is 18.3. The van der Waals surface area contributed by atoms with Crippen LogP contribution in [0.1, 0.15) is 38.2 Å². The third-order valence-corrected chi connectivity index (χ3v) is 5.31. The second kappa shape index (κ2) is 5.59. The van der Waals surface area contributed by atoms with Crippen molar-refractivity contribution in [2.24, 2.45) is 10.8 Å². The van der Waals surface area contributed by atoms with E-state index in [1.807, 2.05) is 37.3 Å². The van der Waals surface area contributed by atoms with Crippen LogP contribution >= 0.6 is 0 Å². The molecule has 2 heterocycles. The van der Waals surface area contributed by atoms with Crippen LogP contribution in [0.25, 0.3) is 0 Å². The lowest BCUT2D eigenvalue weighted by Gasteiger charge is -2.48. The first-order chi connectivity index (χ1) is 12.0. The van der Waals surface area contributed by atoms with Crippen molar-refractivity contribution < 1.29 is 9.47 Å². The molecule has 2 fully saturated rings. The highest BCUT2D eigenvalue weighted by molar-refractivity contribution is 5.90. The highest BCUT2D eigenvalue weighted by Gasteiger charge is 2.79. The van der Waals surface area contributed by atoms with E-state index in [0.717, 1.165) is 0 Å². The highest BCUT2D eigenvalue weighted by Crippen LogP contribution is 2.66. The molecule has 0 radical (unpaired) electrons. The topological polar surface area (TPSA) is 114 Å². The van der Waals surface area contributed by atoms with Gasteiger partial charge in [0.1, 0.15) is 0 Å². The molecule has 1 aromatic rings. The van der Waals surface area contributed by atoms with Crippen molar-refractivity contribution in [2.45, 2.75) is 44.5 Å². The number of hydrogen-bond donors (Lipinski definition) is 1. The van der Waals surface area contributed by atoms with Gasteiger partial charge in [0.15, 0.2) is 10.8 Å². The van der Waals surface area contributed by atoms with Gasteiger partial charge in [-0.15, -0.1) is 0 Å². The standard InChI is InChI=1S/C19H18N4O2/c1-3-7-14-18(10-20,11-21)19(12-22)15(13-8-5-4-6-9-13)17(2,24-14)25-16(19)23/h4-6,8-9,14-15,23H,3,7H2,1-2H3. The minimum absolute atomic E-state index is 0.368. The van der Waals surface area contributed by atoms with E-state index in [1.54, 1.807) is 19.1 Å². The summed E-state index contributed by atoms with van der Waals surface area (Å²) < 4.78 is 11.8. The zero-order valence-electron chi connectivity index (χ0n) is 14.1. The minimum Gasteiger partial charge on any atom is -0.447 e. The van der Waals surface area contributed by atoms with Crippen molar-refractivity contribution in [2.75, 3.05) is 0 Å². The molecule has 2 aliphatic heterocycles. The fraction of sp³-hybridized carbons (Fsp3) is 0.474. The van der Waals surface area contributed by atoms with Gasteiger partial charge < -0.3 is 9.47 Å². The molecule has 126 valence electrons. The van der Waals surface area contributed by atoms with Gasteiger partial charge in [0, 0.05) is 6.92 Å². The molecule has 0 spiro atoms. The first-order valence-corrected chi connectivity index (χ1v) is 8.20. The van der Waals surface area contributed by atoms with Gasteiger partial charge in [-0.25, -0.2) is 0 Å². The van der Waals surface area contributed by atoms with Crippen molar-refractivity contribution in [1.82, 2.24) is 0 Å². The molecule has 6 nitrogen and oxygen atoms in total. The first-order valence-electron chi connectivity index (χ1n) is 8.20. The molecule has 1 aromatic carbocycles. The summed E-state index contributed by atoms with van der Waals surface area (Å²) in [4.78, 5) is 0. The largest absolute Gasteiger partial charge is 0.447 e. The monoisotopic (exact) mass is 334 g/mol. The van der Waals surface area contributed by atoms with Gasteiger partial charge in [-0.05, 0) is 12.0 Å². The normalized spacial score (nSPS) is 35.1. The van der Waals surface area contributed by atoms with Gasteiger partial charge in [0.05, 0.1) is 30.2 Å². The van der Waals surface area contributed by atoms with Crippen LogP contribution in [0.2, 0.25) is 0 Å². The number of rotatable bonds is 3. The Morgan fingerprint density at radius 3 is 2.28 bits per heavy atom. The molecular formula is C19H18N4O2. The molecule has 1 N–H and O–H groups in total. The van der Waals surface area contributed by atoms with Crippen LogP contribution in [-0.4, -0.2) is 17.8 Å². The summed E-state index contributed by atoms with van der Waals surface area (Å²) in [5, 5.41) is 38.5. The number of fused-ring (bicyclic) bond motifs is 2. The average molecular weight is 334 g/mol. The Labute approximate surface area is 146 Å². The van der Waals surface area contributed by atoms with Crippen LogP contribution in [-0.2, 0) is 9.47 Å². The van der Waals surface area contributed by atoms with Gasteiger partial charge in [-0.1, -0.05) is 43.7 Å². The minimum atomic E-state index is -1.81. The van der Waals surface area contributed by atoms with Crippen molar-refractivity contribution in [3.8, 4) is 18.2 Å². The number of hydrogen-bond acceptors (Lipinski definition) is 6. The molecule has 2 aliphatic rings. The van der Waals surface area contributed by atoms with E-state index in [0.29, 0.717) is 18.4 Å². The van der Waals surface area contributed by atoms with Gasteiger partial charge in [0.25, 0.3) is 0 Å². The first kappa shape index (κ1) is 17.0. The van der Waals surface area contributed by atoms with Crippen LogP contribution in [0.3, 0.4) is 0 Å². The van der Waals surface area contributed by atoms with Gasteiger partial charge in [-0.2, -0.15) is 15.8 Å². The lowest BCUT2D eigenvalue weighted by Crippen LogP contribution is -2.60. The lowest BCUT2D eigenvalue weighted by molar-refractivity contribution is -0.251. The molecule has 4 atom stereocenters. The summed E-state index contributed by atoms with van der Waals surface area (Å²) in [5.41, 5.74) is -2.82. The highest BCUT2D eigenvalue weighted by atomic mass is 16.7. The molecule has 2 bridgehead atoms. The molecule has 0 amide bonds. The molecule has 2 saturated heterocycles. The van der Waals surface area contributed by atoms with Crippen LogP contribution in [0.5, 0.6) is 0 Å². The Bertz CT molecular complexity index is 818. The van der Waals surface area contributed by atoms with E-state index in [-0.39, 0.29) is 5.90 Å². The van der Waals surface area contributed by atoms with E-state index in [4.69, 9.17) is 14.9 Å². The fourth-order valence-corrected chi connectivity index (χ4v) is 4.27. The summed E-state index contributed by atoms with van der Waals surface area (Å²) in [6, 6.07) is 15.3. The van der Waals surface area contributed by atoms with E-state index in [2.05, 4.69) is 6.07 Å². The summed E-state index contributed by atoms with van der Waals surface area (Å²) in [5.74, 6) is -2.38. The summed E-state index contributed by atoms with van der Waals surface area (Å²) in [6.45, 7) is 3.60. The van der Waals surface area contributed by atoms with E-state index < -0.39 is 28.6 Å². The van der Waals surface area contributed by atoms with Crippen molar-refractivity contribution in [1.29, 1.82) is 21.2 Å². The Morgan fingerprint density at radius 1 is 1.12 bits per heavy atom. The number of nitrogens with one attached hydrogen (secondary N) is 1. The average Bonchev–Trinajstić information content (AvgIpc) is 2.80. The van der Waals surface area contributed by atoms with E-state index in [9.17, 15) is 15.8 Å². The lowest BCUT2D eigenvalue weighted by atomic mass is 9.52. The van der Waals surface area contributed by atoms with Gasteiger partial charge >= 0.3 is 0 Å². The SMILES string of the molecule is CCCC1OC2(C)OC(=N)C(C#N)(C2c2ccccc2)C1(C#N)C#N. The maximum absolute atomic E-state index is 10.1. The summed E-state index contributed by atoms with van der Waals surface area (Å²) in [7, 11) is 0. The third kappa shape index (κ3) is 1.88. The number of nitrogens with zero attached hydrogens (tertiary/aromatic N) is 3. The maximum atomic E-state index is 10.1. The predicted octanol–water partition coefficient (Wildman–Crippen LogP) is 3.24. The van der Waals surface area contributed by atoms with Crippen LogP contribution in [0, 0.1) is 50.2 Å². The second-order valence-electron chi connectivity index (χ2n) is 6.64. The molecule has 0 aromatic heterocycles. The number of benzene rings is 1. The quantitative estimate of drug-likeness (QED) is 0.911. The van der Waals surface area contributed by atoms with Crippen LogP contribution in [0.15, 0.2) is 30.3 Å². The van der Waals surface area contributed by atoms with Crippen molar-refractivity contribution in [3.63, 3.8) is 0 Å². The molecular weight excluding hydrogens is 316 g/mol. The molecule has 6 heteroatoms. The fourth-order valence-electron chi connectivity index (χ4n) is 4.27. The number of nitriles is 3. The Kier molecular flexibility index (Phi) is 3.79. The molecule has 3 rings (SSSR count). The molecule has 0 saturated carbocycles. The number of ether oxygens (including phenoxy) is 2. The Balaban J connectivity index is 2.34. The Hall–Kier alpha value is -2.88. The molecule has 4 unspecified atom stereocenters. The maximum Gasteiger partial charge on any atom is 0.218 e. The second-order valence-corrected chi connectivity index (χ2v) is 6.64. The van der Waals surface area contributed by atoms with Gasteiger partial charge in [-0.3, -0.25) is 5.41 Å².